The lowest BCUT2D eigenvalue weighted by molar-refractivity contribution is -0.384. The molecule has 0 radical (unpaired) electrons. The lowest BCUT2D eigenvalue weighted by Gasteiger charge is -2.29. The molecule has 3 heterocycles. The van der Waals surface area contributed by atoms with Crippen LogP contribution in [0.1, 0.15) is 84.9 Å². The Bertz CT molecular complexity index is 1570. The Morgan fingerprint density at radius 3 is 2.62 bits per heavy atom. The molecule has 3 aliphatic rings. The van der Waals surface area contributed by atoms with Gasteiger partial charge in [0, 0.05) is 31.0 Å². The monoisotopic (exact) mass is 650 g/mol. The fraction of sp³-hybridized carbons (Fsp3) is 0.515. The van der Waals surface area contributed by atoms with Crippen molar-refractivity contribution in [2.45, 2.75) is 83.4 Å². The molecule has 0 spiro atoms. The molecule has 2 amide bonds. The summed E-state index contributed by atoms with van der Waals surface area (Å²) in [6, 6.07) is 4.32. The number of hydrogen-bond donors (Lipinski definition) is 1. The Labute approximate surface area is 271 Å². The number of benzene rings is 1. The second kappa shape index (κ2) is 14.3. The van der Waals surface area contributed by atoms with Crippen LogP contribution in [0.4, 0.5) is 5.69 Å². The first kappa shape index (κ1) is 33.5. The number of ether oxygens (including phenoxy) is 2. The van der Waals surface area contributed by atoms with Crippen LogP contribution in [0, 0.1) is 28.4 Å². The third-order valence-electron chi connectivity index (χ3n) is 9.01. The van der Waals surface area contributed by atoms with Crippen LogP contribution in [0.5, 0.6) is 0 Å². The zero-order chi connectivity index (χ0) is 33.7. The van der Waals surface area contributed by atoms with Crippen LogP contribution >= 0.6 is 0 Å². The fourth-order valence-corrected chi connectivity index (χ4v) is 6.38. The molecule has 1 aromatic heterocycles. The van der Waals surface area contributed by atoms with Crippen LogP contribution in [-0.2, 0) is 23.9 Å². The summed E-state index contributed by atoms with van der Waals surface area (Å²) in [5.74, 6) is -2.47. The van der Waals surface area contributed by atoms with E-state index in [0.29, 0.717) is 25.0 Å². The molecule has 5 rings (SSSR count). The van der Waals surface area contributed by atoms with Crippen LogP contribution in [-0.4, -0.2) is 75.9 Å². The molecule has 2 fully saturated rings. The molecule has 2 aliphatic heterocycles. The van der Waals surface area contributed by atoms with Gasteiger partial charge < -0.3 is 24.2 Å². The number of esters is 2. The van der Waals surface area contributed by atoms with Crippen LogP contribution in [0.3, 0.4) is 0 Å². The number of nitro groups is 1. The maximum Gasteiger partial charge on any atom is 0.338 e. The molecule has 1 aromatic carbocycles. The predicted octanol–water partition coefficient (Wildman–Crippen LogP) is 3.87. The summed E-state index contributed by atoms with van der Waals surface area (Å²) in [5, 5.41) is 17.5. The average molecular weight is 651 g/mol. The Morgan fingerprint density at radius 1 is 1.17 bits per heavy atom. The Morgan fingerprint density at radius 2 is 1.94 bits per heavy atom. The van der Waals surface area contributed by atoms with Crippen LogP contribution in [0.2, 0.25) is 0 Å². The molecule has 5 atom stereocenters. The second-order valence-electron chi connectivity index (χ2n) is 12.3. The number of aromatic nitrogens is 1. The van der Waals surface area contributed by atoms with Crippen molar-refractivity contribution in [2.24, 2.45) is 11.3 Å². The molecule has 14 heteroatoms. The summed E-state index contributed by atoms with van der Waals surface area (Å²) in [4.78, 5) is 79.2. The first-order valence-electron chi connectivity index (χ1n) is 15.9. The highest BCUT2D eigenvalue weighted by molar-refractivity contribution is 5.99. The van der Waals surface area contributed by atoms with Gasteiger partial charge in [0.25, 0.3) is 11.6 Å². The fourth-order valence-electron chi connectivity index (χ4n) is 6.38. The van der Waals surface area contributed by atoms with Crippen molar-refractivity contribution in [2.75, 3.05) is 13.2 Å². The summed E-state index contributed by atoms with van der Waals surface area (Å²) in [6.07, 6.45) is 6.65. The quantitative estimate of drug-likeness (QED) is 0.198. The molecule has 1 aliphatic carbocycles. The number of carbonyl (C=O) groups excluding carboxylic acids is 5. The zero-order valence-electron chi connectivity index (χ0n) is 26.3. The molecule has 1 N–H and O–H groups in total. The number of nitrogens with one attached hydrogen (secondary N) is 1. The molecule has 0 bridgehead atoms. The van der Waals surface area contributed by atoms with E-state index in [4.69, 9.17) is 14.0 Å². The summed E-state index contributed by atoms with van der Waals surface area (Å²) >= 11 is 0. The van der Waals surface area contributed by atoms with Crippen molar-refractivity contribution in [1.82, 2.24) is 15.4 Å². The highest BCUT2D eigenvalue weighted by Gasteiger charge is 2.61. The molecule has 14 nitrogen and oxygen atoms in total. The minimum atomic E-state index is -1.04. The maximum atomic E-state index is 14.2. The third kappa shape index (κ3) is 7.58. The van der Waals surface area contributed by atoms with Crippen molar-refractivity contribution in [3.8, 4) is 0 Å². The molecule has 1 saturated carbocycles. The number of non-ortho nitro benzene ring substituents is 1. The average Bonchev–Trinajstić information content (AvgIpc) is 3.32. The molecule has 47 heavy (non-hydrogen) atoms. The molecular formula is C33H38N4O10. The summed E-state index contributed by atoms with van der Waals surface area (Å²) in [7, 11) is 0. The van der Waals surface area contributed by atoms with Gasteiger partial charge in [-0.2, -0.15) is 0 Å². The number of fused-ring (bicyclic) bond motifs is 2. The van der Waals surface area contributed by atoms with Crippen LogP contribution < -0.4 is 5.32 Å². The van der Waals surface area contributed by atoms with Gasteiger partial charge in [0.05, 0.1) is 35.1 Å². The molecule has 0 unspecified atom stereocenters. The van der Waals surface area contributed by atoms with Gasteiger partial charge in [-0.3, -0.25) is 29.3 Å². The van der Waals surface area contributed by atoms with E-state index in [1.54, 1.807) is 13.8 Å². The van der Waals surface area contributed by atoms with Gasteiger partial charge in [0.1, 0.15) is 17.9 Å². The first-order chi connectivity index (χ1) is 22.5. The van der Waals surface area contributed by atoms with E-state index in [-0.39, 0.29) is 54.6 Å². The van der Waals surface area contributed by atoms with E-state index in [0.717, 1.165) is 19.3 Å². The van der Waals surface area contributed by atoms with Gasteiger partial charge >= 0.3 is 11.9 Å². The van der Waals surface area contributed by atoms with Crippen molar-refractivity contribution < 1.29 is 42.9 Å². The van der Waals surface area contributed by atoms with E-state index < -0.39 is 52.3 Å². The van der Waals surface area contributed by atoms with Gasteiger partial charge in [-0.15, -0.1) is 0 Å². The molecule has 1 saturated heterocycles. The largest absolute Gasteiger partial charge is 0.466 e. The van der Waals surface area contributed by atoms with Crippen molar-refractivity contribution in [1.29, 1.82) is 0 Å². The molecule has 2 aromatic rings. The van der Waals surface area contributed by atoms with Gasteiger partial charge in [0.15, 0.2) is 11.5 Å². The van der Waals surface area contributed by atoms with E-state index in [9.17, 15) is 34.1 Å². The third-order valence-corrected chi connectivity index (χ3v) is 9.01. The summed E-state index contributed by atoms with van der Waals surface area (Å²) < 4.78 is 16.1. The van der Waals surface area contributed by atoms with Gasteiger partial charge in [-0.25, -0.2) is 4.79 Å². The van der Waals surface area contributed by atoms with Crippen molar-refractivity contribution in [3.05, 3.63) is 69.6 Å². The highest BCUT2D eigenvalue weighted by atomic mass is 16.6. The second-order valence-corrected chi connectivity index (χ2v) is 12.3. The van der Waals surface area contributed by atoms with E-state index >= 15 is 0 Å². The molecule has 250 valence electrons. The smallest absolute Gasteiger partial charge is 0.338 e. The Kier molecular flexibility index (Phi) is 10.2. The SMILES string of the molecule is CCOC(=O)[C@]12CC(=O)[C@@H]3C[C@@H](OC(=O)c4ccc([N+](=O)[O-])cc4)CN3C(=O)[C@@H](NC(=O)c3cc(C)on3)CCCCC/C=C\[C@@H]1C2. The summed E-state index contributed by atoms with van der Waals surface area (Å²) in [5.41, 5.74) is -1.15. The van der Waals surface area contributed by atoms with Crippen molar-refractivity contribution >= 4 is 35.2 Å². The number of allylic oxidation sites excluding steroid dienone is 2. The first-order valence-corrected chi connectivity index (χ1v) is 15.9. The Hall–Kier alpha value is -4.88. The maximum absolute atomic E-state index is 14.2. The van der Waals surface area contributed by atoms with Crippen molar-refractivity contribution in [3.63, 3.8) is 0 Å². The number of Topliss-reactive ketones (excluding diaryl/α,β-unsaturated/α-hetero) is 1. The number of hydrogen-bond acceptors (Lipinski definition) is 11. The number of amides is 2. The minimum Gasteiger partial charge on any atom is -0.466 e. The van der Waals surface area contributed by atoms with Crippen LogP contribution in [0.25, 0.3) is 0 Å². The summed E-state index contributed by atoms with van der Waals surface area (Å²) in [6.45, 7) is 3.37. The number of rotatable bonds is 7. The predicted molar refractivity (Wildman–Crippen MR) is 164 cm³/mol. The number of nitrogens with zero attached hydrogens (tertiary/aromatic N) is 3. The number of aryl methyl sites for hydroxylation is 1. The Balaban J connectivity index is 1.42. The lowest BCUT2D eigenvalue weighted by Crippen LogP contribution is -2.52. The normalized spacial score (nSPS) is 27.0. The zero-order valence-corrected chi connectivity index (χ0v) is 26.3. The number of nitro benzene ring substituents is 1. The standard InChI is InChI=1S/C33H38N4O10/c1-3-45-32(42)33-17-22(33)9-7-5-4-6-8-10-25(34-29(39)26-15-20(2)47-35-26)30(40)36-19-24(16-27(36)28(38)18-33)46-31(41)21-11-13-23(14-12-21)37(43)44/h7,9,11-15,22,24-25,27H,3-6,8,10,16-19H2,1-2H3,(H,34,39)/b9-7-/t22-,24-,25+,27+,33-/m1/s1. The number of ketones is 1. The lowest BCUT2D eigenvalue weighted by atomic mass is 9.91. The van der Waals surface area contributed by atoms with E-state index in [1.807, 2.05) is 12.2 Å². The highest BCUT2D eigenvalue weighted by Crippen LogP contribution is 2.57. The minimum absolute atomic E-state index is 0.0106. The number of carbonyl (C=O) groups is 5. The van der Waals surface area contributed by atoms with E-state index in [1.165, 1.54) is 35.2 Å². The van der Waals surface area contributed by atoms with Gasteiger partial charge in [0.2, 0.25) is 5.91 Å². The topological polar surface area (TPSA) is 188 Å². The van der Waals surface area contributed by atoms with Crippen LogP contribution in [0.15, 0.2) is 47.0 Å². The van der Waals surface area contributed by atoms with E-state index in [2.05, 4.69) is 10.5 Å². The molecular weight excluding hydrogens is 612 g/mol. The van der Waals surface area contributed by atoms with Gasteiger partial charge in [-0.05, 0) is 57.6 Å². The van der Waals surface area contributed by atoms with Gasteiger partial charge in [-0.1, -0.05) is 30.2 Å².